The van der Waals surface area contributed by atoms with E-state index < -0.39 is 155 Å². The quantitative estimate of drug-likeness (QED) is 0.150. The fraction of sp³-hybridized carbons (Fsp3) is 0.647. The highest BCUT2D eigenvalue weighted by molar-refractivity contribution is 5.99. The smallest absolute Gasteiger partial charge is 0.248 e. The summed E-state index contributed by atoms with van der Waals surface area (Å²) < 4.78 is 0. The van der Waals surface area contributed by atoms with Crippen LogP contribution in [0.4, 0.5) is 0 Å². The maximum absolute atomic E-state index is 14.6. The van der Waals surface area contributed by atoms with Crippen molar-refractivity contribution in [1.29, 1.82) is 0 Å². The van der Waals surface area contributed by atoms with Crippen molar-refractivity contribution in [3.05, 3.63) is 71.8 Å². The number of likely N-dealkylation sites (N-methyl/N-ethyl adjacent to an activating group) is 5. The number of benzene rings is 2. The average Bonchev–Trinajstić information content (AvgIpc) is 0.901. The SMILES string of the molecule is CC[C@H](C)[C@@H]1NC(=O)[C@H](C)N(C)C(=O)[C@H]([C@@H](C)O)NC(=O)C(C(C)C)N(C)C(=O)[C@H](CC(C)C)CNCC(=O)[C@H](CC(C)C)N(C)C(=O)[C@@H](C)N(C)C(=O)[C@H](C)NC(=O)[C@H](Cc2ccccc2)NC(=O)[C@H](C)NC(=O)[C@H](C)NC(=O)[C@H](Cc2ccccc2)CN(C)C1=O. The number of aliphatic hydroxyl groups excluding tert-OH is 1. The molecule has 1 saturated heterocycles. The first kappa shape index (κ1) is 79.4. The van der Waals surface area contributed by atoms with Crippen LogP contribution < -0.4 is 37.2 Å². The van der Waals surface area contributed by atoms with E-state index in [1.807, 2.05) is 34.6 Å². The van der Waals surface area contributed by atoms with E-state index >= 15 is 0 Å². The van der Waals surface area contributed by atoms with Gasteiger partial charge in [0.2, 0.25) is 65.0 Å². The Balaban J connectivity index is 2.14. The van der Waals surface area contributed by atoms with E-state index in [2.05, 4.69) is 37.2 Å². The third-order valence-corrected chi connectivity index (χ3v) is 17.5. The van der Waals surface area contributed by atoms with Crippen LogP contribution >= 0.6 is 0 Å². The van der Waals surface area contributed by atoms with E-state index in [-0.39, 0.29) is 56.5 Å². The maximum atomic E-state index is 14.6. The number of hydrogen-bond acceptors (Lipinski definition) is 14. The Bertz CT molecular complexity index is 2880. The zero-order valence-corrected chi connectivity index (χ0v) is 58.3. The Morgan fingerprint density at radius 1 is 0.473 bits per heavy atom. The lowest BCUT2D eigenvalue weighted by Gasteiger charge is -2.36. The van der Waals surface area contributed by atoms with Crippen LogP contribution in [0.5, 0.6) is 0 Å². The molecule has 3 rings (SSSR count). The molecule has 93 heavy (non-hydrogen) atoms. The van der Waals surface area contributed by atoms with Crippen LogP contribution in [0.1, 0.15) is 127 Å². The van der Waals surface area contributed by atoms with Crippen LogP contribution in [-0.4, -0.2) is 222 Å². The second-order valence-electron chi connectivity index (χ2n) is 26.6. The van der Waals surface area contributed by atoms with Gasteiger partial charge in [0.25, 0.3) is 0 Å². The summed E-state index contributed by atoms with van der Waals surface area (Å²) >= 11 is 0. The number of rotatable bonds is 12. The first-order chi connectivity index (χ1) is 43.4. The largest absolute Gasteiger partial charge is 0.391 e. The minimum absolute atomic E-state index is 0.00116. The number of Topliss-reactive ketones (excluding diaryl/α,β-unsaturated/α-hetero) is 1. The fourth-order valence-corrected chi connectivity index (χ4v) is 11.2. The second kappa shape index (κ2) is 37.2. The Hall–Kier alpha value is -7.80. The number of nitrogens with one attached hydrogen (secondary N) is 7. The van der Waals surface area contributed by atoms with Crippen molar-refractivity contribution in [1.82, 2.24) is 61.7 Å². The maximum Gasteiger partial charge on any atom is 0.248 e. The van der Waals surface area contributed by atoms with Gasteiger partial charge < -0.3 is 66.8 Å². The van der Waals surface area contributed by atoms with E-state index in [0.29, 0.717) is 18.4 Å². The lowest BCUT2D eigenvalue weighted by Crippen LogP contribution is -2.61. The third kappa shape index (κ3) is 23.3. The zero-order chi connectivity index (χ0) is 70.5. The molecule has 518 valence electrons. The second-order valence-corrected chi connectivity index (χ2v) is 26.6. The van der Waals surface area contributed by atoms with Crippen LogP contribution in [0.2, 0.25) is 0 Å². The van der Waals surface area contributed by atoms with E-state index in [9.17, 15) is 62.6 Å². The Kier molecular flexibility index (Phi) is 31.8. The van der Waals surface area contributed by atoms with Gasteiger partial charge in [0.15, 0.2) is 5.78 Å². The number of nitrogens with zero attached hydrogens (tertiary/aromatic N) is 5. The number of carbonyl (C=O) groups is 12. The van der Waals surface area contributed by atoms with Crippen molar-refractivity contribution in [2.24, 2.45) is 35.5 Å². The molecule has 1 unspecified atom stereocenters. The molecule has 0 bridgehead atoms. The number of amides is 11. The Labute approximate surface area is 550 Å². The normalized spacial score (nSPS) is 27.4. The van der Waals surface area contributed by atoms with Gasteiger partial charge >= 0.3 is 0 Å². The summed E-state index contributed by atoms with van der Waals surface area (Å²) in [6.45, 7) is 22.7. The minimum atomic E-state index is -1.60. The molecule has 0 spiro atoms. The Morgan fingerprint density at radius 2 is 0.968 bits per heavy atom. The molecule has 0 saturated carbocycles. The molecule has 0 aromatic heterocycles. The third-order valence-electron chi connectivity index (χ3n) is 17.5. The predicted molar refractivity (Wildman–Crippen MR) is 354 cm³/mol. The molecule has 0 aliphatic carbocycles. The van der Waals surface area contributed by atoms with Gasteiger partial charge in [0.05, 0.1) is 30.5 Å². The first-order valence-corrected chi connectivity index (χ1v) is 32.6. The number of hydrogen-bond donors (Lipinski definition) is 8. The minimum Gasteiger partial charge on any atom is -0.391 e. The summed E-state index contributed by atoms with van der Waals surface area (Å²) in [4.78, 5) is 178. The molecular weight excluding hydrogens is 1190 g/mol. The van der Waals surface area contributed by atoms with Gasteiger partial charge in [-0.05, 0) is 95.6 Å². The molecule has 25 heteroatoms. The lowest BCUT2D eigenvalue weighted by atomic mass is 9.93. The van der Waals surface area contributed by atoms with E-state index in [1.54, 1.807) is 81.4 Å². The lowest BCUT2D eigenvalue weighted by molar-refractivity contribution is -0.148. The van der Waals surface area contributed by atoms with Crippen LogP contribution in [0.3, 0.4) is 0 Å². The van der Waals surface area contributed by atoms with Crippen molar-refractivity contribution in [3.63, 3.8) is 0 Å². The van der Waals surface area contributed by atoms with Gasteiger partial charge in [-0.1, -0.05) is 122 Å². The molecule has 1 aliphatic heterocycles. The molecule has 1 heterocycles. The molecule has 0 radical (unpaired) electrons. The summed E-state index contributed by atoms with van der Waals surface area (Å²) in [7, 11) is 7.13. The van der Waals surface area contributed by atoms with Gasteiger partial charge in [-0.2, -0.15) is 0 Å². The van der Waals surface area contributed by atoms with Crippen molar-refractivity contribution in [2.75, 3.05) is 54.9 Å². The summed E-state index contributed by atoms with van der Waals surface area (Å²) in [5, 5.41) is 30.4. The molecule has 2 aromatic rings. The predicted octanol–water partition coefficient (Wildman–Crippen LogP) is 1.83. The van der Waals surface area contributed by atoms with Crippen molar-refractivity contribution < 1.29 is 62.6 Å². The van der Waals surface area contributed by atoms with E-state index in [4.69, 9.17) is 0 Å². The highest BCUT2D eigenvalue weighted by Gasteiger charge is 2.41. The van der Waals surface area contributed by atoms with Crippen LogP contribution in [0.15, 0.2) is 60.7 Å². The molecule has 11 amide bonds. The van der Waals surface area contributed by atoms with Gasteiger partial charge in [0, 0.05) is 54.7 Å². The molecule has 2 aromatic carbocycles. The van der Waals surface area contributed by atoms with Gasteiger partial charge in [-0.3, -0.25) is 57.5 Å². The molecule has 25 nitrogen and oxygen atoms in total. The van der Waals surface area contributed by atoms with Gasteiger partial charge in [0.1, 0.15) is 54.4 Å². The highest BCUT2D eigenvalue weighted by atomic mass is 16.3. The van der Waals surface area contributed by atoms with Gasteiger partial charge in [-0.15, -0.1) is 0 Å². The summed E-state index contributed by atoms with van der Waals surface area (Å²) in [5.41, 5.74) is 1.39. The van der Waals surface area contributed by atoms with E-state index in [0.717, 1.165) is 15.4 Å². The Morgan fingerprint density at radius 3 is 1.48 bits per heavy atom. The van der Waals surface area contributed by atoms with Gasteiger partial charge in [-0.25, -0.2) is 0 Å². The first-order valence-electron chi connectivity index (χ1n) is 32.6. The average molecular weight is 1300 g/mol. The monoisotopic (exact) mass is 1300 g/mol. The van der Waals surface area contributed by atoms with Crippen LogP contribution in [0, 0.1) is 35.5 Å². The molecule has 1 aliphatic rings. The summed E-state index contributed by atoms with van der Waals surface area (Å²) in [6, 6.07) is 5.43. The molecular formula is C68H108N12O13. The summed E-state index contributed by atoms with van der Waals surface area (Å²) in [5.74, 6) is -10.7. The van der Waals surface area contributed by atoms with Crippen molar-refractivity contribution in [2.45, 2.75) is 196 Å². The highest BCUT2D eigenvalue weighted by Crippen LogP contribution is 2.22. The fourth-order valence-electron chi connectivity index (χ4n) is 11.2. The number of carbonyl (C=O) groups excluding carboxylic acids is 12. The summed E-state index contributed by atoms with van der Waals surface area (Å²) in [6.07, 6.45) is -0.401. The topological polar surface area (TPSA) is 325 Å². The van der Waals surface area contributed by atoms with Crippen molar-refractivity contribution >= 4 is 70.8 Å². The van der Waals surface area contributed by atoms with E-state index in [1.165, 1.54) is 91.5 Å². The molecule has 8 N–H and O–H groups in total. The van der Waals surface area contributed by atoms with Crippen LogP contribution in [-0.2, 0) is 70.4 Å². The molecule has 1 fully saturated rings. The number of aliphatic hydroxyl groups is 1. The molecule has 14 atom stereocenters. The standard InChI is InChI=1S/C68H108N12O13/c1-20-41(8)55-67(92)76(15)37-51(33-48-27-23-21-24-28-48)61(86)71-42(9)58(83)70-43(10)59(84)73-52(34-49-29-25-22-26-30-49)62(87)72-44(11)64(89)78(17)46(13)65(90)79(18)53(32-39(4)5)54(82)36-69-35-50(31-38(2)3)66(91)80(19)57(40(6)7)63(88)75-56(47(14)81)68(93)77(16)45(12)60(85)74-55/h21-30,38-47,50-53,55-57,69,81H,20,31-37H2,1-19H3,(H,70,83)(H,71,86)(H,72,87)(H,73,84)(H,74,85)(H,75,88)/t41-,42-,43-,44-,45-,46+,47+,50+,51+,52-,53-,55-,56-,57?/m0/s1. The number of ketones is 1. The van der Waals surface area contributed by atoms with Crippen molar-refractivity contribution in [3.8, 4) is 0 Å². The zero-order valence-electron chi connectivity index (χ0n) is 58.3. The van der Waals surface area contributed by atoms with Crippen LogP contribution in [0.25, 0.3) is 0 Å².